The van der Waals surface area contributed by atoms with Crippen LogP contribution in [0.2, 0.25) is 19.6 Å². The Balaban J connectivity index is 3.71. The van der Waals surface area contributed by atoms with Gasteiger partial charge in [-0.2, -0.15) is 0 Å². The highest BCUT2D eigenvalue weighted by atomic mass is 28.3. The first-order valence-corrected chi connectivity index (χ1v) is 8.06. The smallest absolute Gasteiger partial charge is 0.129 e. The van der Waals surface area contributed by atoms with E-state index in [1.807, 2.05) is 0 Å². The predicted molar refractivity (Wildman–Crippen MR) is 56.6 cm³/mol. The van der Waals surface area contributed by atoms with Crippen LogP contribution in [0.25, 0.3) is 0 Å². The van der Waals surface area contributed by atoms with Crippen LogP contribution in [0.15, 0.2) is 0 Å². The monoisotopic (exact) mass is 184 g/mol. The minimum absolute atomic E-state index is 0.287. The summed E-state index contributed by atoms with van der Waals surface area (Å²) < 4.78 is 0. The second kappa shape index (κ2) is 5.39. The molecule has 0 aromatic carbocycles. The molecule has 0 spiro atoms. The Morgan fingerprint density at radius 2 is 1.92 bits per heavy atom. The number of hydrogen-bond donors (Lipinski definition) is 1. The van der Waals surface area contributed by atoms with Gasteiger partial charge < -0.3 is 5.11 Å². The topological polar surface area (TPSA) is 20.2 Å². The van der Waals surface area contributed by atoms with Crippen LogP contribution in [0, 0.1) is 17.4 Å². The third kappa shape index (κ3) is 7.84. The van der Waals surface area contributed by atoms with Crippen molar-refractivity contribution >= 4 is 8.07 Å². The van der Waals surface area contributed by atoms with Gasteiger partial charge in [-0.05, 0) is 12.3 Å². The molecule has 0 fully saturated rings. The minimum atomic E-state index is -1.17. The molecule has 1 nitrogen and oxygen atoms in total. The highest BCUT2D eigenvalue weighted by Gasteiger charge is 2.07. The van der Waals surface area contributed by atoms with Gasteiger partial charge in [0.25, 0.3) is 0 Å². The van der Waals surface area contributed by atoms with Gasteiger partial charge in [-0.3, -0.25) is 0 Å². The average molecular weight is 184 g/mol. The normalized spacial score (nSPS) is 13.4. The highest BCUT2D eigenvalue weighted by molar-refractivity contribution is 6.83. The molecule has 1 atom stereocenters. The summed E-state index contributed by atoms with van der Waals surface area (Å²) in [7, 11) is -1.17. The van der Waals surface area contributed by atoms with Gasteiger partial charge in [-0.15, -0.1) is 11.5 Å². The molecule has 0 aromatic rings. The molecule has 0 bridgehead atoms. The maximum atomic E-state index is 8.66. The number of rotatable bonds is 3. The van der Waals surface area contributed by atoms with Crippen LogP contribution in [0.1, 0.15) is 19.8 Å². The molecular weight excluding hydrogens is 164 g/mol. The molecule has 1 N–H and O–H groups in total. The Morgan fingerprint density at radius 3 is 2.33 bits per heavy atom. The van der Waals surface area contributed by atoms with E-state index < -0.39 is 8.07 Å². The van der Waals surface area contributed by atoms with Gasteiger partial charge in [0.05, 0.1) is 0 Å². The van der Waals surface area contributed by atoms with E-state index in [0.29, 0.717) is 5.92 Å². The molecule has 0 aromatic heterocycles. The minimum Gasteiger partial charge on any atom is -0.396 e. The first-order chi connectivity index (χ1) is 5.45. The molecule has 0 amide bonds. The maximum absolute atomic E-state index is 8.66. The van der Waals surface area contributed by atoms with E-state index in [1.165, 1.54) is 0 Å². The van der Waals surface area contributed by atoms with Gasteiger partial charge in [0.15, 0.2) is 0 Å². The average Bonchev–Trinajstić information content (AvgIpc) is 1.84. The van der Waals surface area contributed by atoms with Crippen LogP contribution in [-0.4, -0.2) is 19.8 Å². The molecule has 0 rings (SSSR count). The Bertz CT molecular complexity index is 171. The first-order valence-electron chi connectivity index (χ1n) is 4.56. The summed E-state index contributed by atoms with van der Waals surface area (Å²) in [6.07, 6.45) is 1.81. The number of hydrogen-bond acceptors (Lipinski definition) is 1. The summed E-state index contributed by atoms with van der Waals surface area (Å²) in [5.74, 6) is 3.75. The van der Waals surface area contributed by atoms with E-state index >= 15 is 0 Å². The van der Waals surface area contributed by atoms with Crippen LogP contribution in [-0.2, 0) is 0 Å². The lowest BCUT2D eigenvalue weighted by Crippen LogP contribution is -2.16. The van der Waals surface area contributed by atoms with Gasteiger partial charge in [-0.25, -0.2) is 0 Å². The van der Waals surface area contributed by atoms with Gasteiger partial charge in [0.2, 0.25) is 0 Å². The van der Waals surface area contributed by atoms with E-state index in [-0.39, 0.29) is 6.61 Å². The van der Waals surface area contributed by atoms with Crippen molar-refractivity contribution in [3.05, 3.63) is 0 Å². The van der Waals surface area contributed by atoms with Crippen molar-refractivity contribution in [3.63, 3.8) is 0 Å². The van der Waals surface area contributed by atoms with Crippen molar-refractivity contribution in [2.24, 2.45) is 5.92 Å². The lowest BCUT2D eigenvalue weighted by atomic mass is 10.1. The summed E-state index contributed by atoms with van der Waals surface area (Å²) in [5, 5.41) is 8.66. The first kappa shape index (κ1) is 11.7. The Morgan fingerprint density at radius 1 is 1.33 bits per heavy atom. The number of aliphatic hydroxyl groups is 1. The fraction of sp³-hybridized carbons (Fsp3) is 0.800. The van der Waals surface area contributed by atoms with Crippen molar-refractivity contribution in [1.82, 2.24) is 0 Å². The van der Waals surface area contributed by atoms with Gasteiger partial charge >= 0.3 is 0 Å². The van der Waals surface area contributed by atoms with E-state index in [1.54, 1.807) is 0 Å². The second-order valence-corrected chi connectivity index (χ2v) is 9.12. The predicted octanol–water partition coefficient (Wildman–Crippen LogP) is 2.28. The Hall–Kier alpha value is -0.263. The van der Waals surface area contributed by atoms with E-state index in [9.17, 15) is 0 Å². The van der Waals surface area contributed by atoms with Crippen molar-refractivity contribution in [3.8, 4) is 11.5 Å². The molecule has 0 aliphatic heterocycles. The van der Waals surface area contributed by atoms with Gasteiger partial charge in [0, 0.05) is 13.0 Å². The Labute approximate surface area is 77.2 Å². The standard InChI is InChI=1S/C10H20OSi/c1-10(7-8-11)6-5-9-12(2,3)4/h10-11H,6-8H2,1-4H3. The zero-order chi connectivity index (χ0) is 9.61. The molecule has 70 valence electrons. The molecule has 0 heterocycles. The number of aliphatic hydroxyl groups excluding tert-OH is 1. The van der Waals surface area contributed by atoms with Crippen molar-refractivity contribution in [2.75, 3.05) is 6.61 Å². The molecule has 12 heavy (non-hydrogen) atoms. The highest BCUT2D eigenvalue weighted by Crippen LogP contribution is 2.05. The van der Waals surface area contributed by atoms with E-state index in [2.05, 4.69) is 38.0 Å². The van der Waals surface area contributed by atoms with Crippen LogP contribution in [0.4, 0.5) is 0 Å². The molecule has 0 saturated heterocycles. The fourth-order valence-corrected chi connectivity index (χ4v) is 1.45. The van der Waals surface area contributed by atoms with Gasteiger partial charge in [0.1, 0.15) is 8.07 Å². The summed E-state index contributed by atoms with van der Waals surface area (Å²) >= 11 is 0. The second-order valence-electron chi connectivity index (χ2n) is 4.37. The largest absolute Gasteiger partial charge is 0.396 e. The molecular formula is C10H20OSi. The van der Waals surface area contributed by atoms with Crippen molar-refractivity contribution in [2.45, 2.75) is 39.4 Å². The molecule has 1 unspecified atom stereocenters. The lowest BCUT2D eigenvalue weighted by molar-refractivity contribution is 0.264. The SMILES string of the molecule is CC(CC#C[Si](C)(C)C)CCO. The van der Waals surface area contributed by atoms with Crippen LogP contribution in [0.3, 0.4) is 0 Å². The zero-order valence-corrected chi connectivity index (χ0v) is 9.65. The maximum Gasteiger partial charge on any atom is 0.129 e. The fourth-order valence-electron chi connectivity index (χ4n) is 0.813. The summed E-state index contributed by atoms with van der Waals surface area (Å²) in [6, 6.07) is 0. The van der Waals surface area contributed by atoms with E-state index in [4.69, 9.17) is 5.11 Å². The molecule has 2 heteroatoms. The zero-order valence-electron chi connectivity index (χ0n) is 8.65. The molecule has 0 aliphatic carbocycles. The molecule has 0 saturated carbocycles. The van der Waals surface area contributed by atoms with Gasteiger partial charge in [-0.1, -0.05) is 26.6 Å². The van der Waals surface area contributed by atoms with E-state index in [0.717, 1.165) is 12.8 Å². The third-order valence-corrected chi connectivity index (χ3v) is 2.46. The lowest BCUT2D eigenvalue weighted by Gasteiger charge is -2.06. The summed E-state index contributed by atoms with van der Waals surface area (Å²) in [6.45, 7) is 9.16. The van der Waals surface area contributed by atoms with Crippen LogP contribution in [0.5, 0.6) is 0 Å². The van der Waals surface area contributed by atoms with Crippen molar-refractivity contribution in [1.29, 1.82) is 0 Å². The quantitative estimate of drug-likeness (QED) is 0.527. The molecule has 0 aliphatic rings. The van der Waals surface area contributed by atoms with Crippen LogP contribution < -0.4 is 0 Å². The van der Waals surface area contributed by atoms with Crippen LogP contribution >= 0.6 is 0 Å². The Kier molecular flexibility index (Phi) is 5.28. The summed E-state index contributed by atoms with van der Waals surface area (Å²) in [5.41, 5.74) is 3.32. The third-order valence-electron chi connectivity index (χ3n) is 1.54. The van der Waals surface area contributed by atoms with Crippen molar-refractivity contribution < 1.29 is 5.11 Å². The molecule has 0 radical (unpaired) electrons. The summed E-state index contributed by atoms with van der Waals surface area (Å²) in [4.78, 5) is 0.